The number of ether oxygens (including phenoxy) is 1. The number of nitro groups is 1. The highest BCUT2D eigenvalue weighted by Gasteiger charge is 2.17. The van der Waals surface area contributed by atoms with Gasteiger partial charge in [0.25, 0.3) is 5.69 Å². The molecule has 0 atom stereocenters. The molecule has 8 nitrogen and oxygen atoms in total. The first-order valence-corrected chi connectivity index (χ1v) is 7.33. The van der Waals surface area contributed by atoms with Crippen LogP contribution in [-0.2, 0) is 14.3 Å². The van der Waals surface area contributed by atoms with Gasteiger partial charge in [-0.05, 0) is 32.4 Å². The number of nitro benzene ring substituents is 1. The second-order valence-corrected chi connectivity index (χ2v) is 5.31. The fraction of sp³-hybridized carbons (Fsp3) is 0.429. The van der Waals surface area contributed by atoms with Gasteiger partial charge in [0.1, 0.15) is 5.02 Å². The molecule has 0 aromatic heterocycles. The summed E-state index contributed by atoms with van der Waals surface area (Å²) in [6, 6.07) is 3.73. The molecule has 1 rings (SSSR count). The molecule has 9 heteroatoms. The highest BCUT2D eigenvalue weighted by Crippen LogP contribution is 2.27. The first-order chi connectivity index (χ1) is 10.8. The van der Waals surface area contributed by atoms with Crippen molar-refractivity contribution in [3.63, 3.8) is 0 Å². The lowest BCUT2D eigenvalue weighted by Crippen LogP contribution is -2.36. The van der Waals surface area contributed by atoms with Gasteiger partial charge in [0.15, 0.2) is 0 Å². The average Bonchev–Trinajstić information content (AvgIpc) is 2.47. The Morgan fingerprint density at radius 2 is 2.04 bits per heavy atom. The molecule has 0 unspecified atom stereocenters. The van der Waals surface area contributed by atoms with E-state index in [9.17, 15) is 19.7 Å². The van der Waals surface area contributed by atoms with E-state index in [0.29, 0.717) is 19.6 Å². The molecule has 0 heterocycles. The molecule has 1 aromatic carbocycles. The minimum atomic E-state index is -0.911. The van der Waals surface area contributed by atoms with E-state index in [1.807, 2.05) is 13.8 Å². The minimum absolute atomic E-state index is 0.0531. The average molecular weight is 344 g/mol. The number of hydrogen-bond acceptors (Lipinski definition) is 5. The molecule has 0 aliphatic rings. The molecule has 0 fully saturated rings. The van der Waals surface area contributed by atoms with Crippen molar-refractivity contribution in [1.29, 1.82) is 0 Å². The number of benzene rings is 1. The zero-order valence-corrected chi connectivity index (χ0v) is 13.6. The van der Waals surface area contributed by atoms with Crippen LogP contribution in [0.5, 0.6) is 0 Å². The maximum absolute atomic E-state index is 11.7. The first-order valence-electron chi connectivity index (χ1n) is 6.96. The Labute approximate surface area is 138 Å². The summed E-state index contributed by atoms with van der Waals surface area (Å²) in [4.78, 5) is 33.4. The lowest BCUT2D eigenvalue weighted by molar-refractivity contribution is -0.384. The standard InChI is InChI=1S/C14H18ClN3O5/c1-9(2)23-7-3-6-16-13(19)14(20)17-10-4-5-11(15)12(8-10)18(21)22/h4-5,8-9H,3,6-7H2,1-2H3,(H,16,19)(H,17,20). The third kappa shape index (κ3) is 6.62. The van der Waals surface area contributed by atoms with Crippen molar-refractivity contribution >= 4 is 34.8 Å². The molecule has 2 amide bonds. The van der Waals surface area contributed by atoms with Gasteiger partial charge in [-0.2, -0.15) is 0 Å². The lowest BCUT2D eigenvalue weighted by Gasteiger charge is -2.08. The second-order valence-electron chi connectivity index (χ2n) is 4.91. The zero-order valence-electron chi connectivity index (χ0n) is 12.8. The summed E-state index contributed by atoms with van der Waals surface area (Å²) in [5.74, 6) is -1.74. The van der Waals surface area contributed by atoms with Crippen LogP contribution >= 0.6 is 11.6 Å². The normalized spacial score (nSPS) is 10.4. The molecular formula is C14H18ClN3O5. The van der Waals surface area contributed by atoms with Crippen molar-refractivity contribution in [2.45, 2.75) is 26.4 Å². The van der Waals surface area contributed by atoms with E-state index in [1.54, 1.807) is 0 Å². The van der Waals surface area contributed by atoms with E-state index < -0.39 is 16.7 Å². The predicted octanol–water partition coefficient (Wildman–Crippen LogP) is 2.12. The van der Waals surface area contributed by atoms with Crippen LogP contribution in [-0.4, -0.2) is 36.0 Å². The summed E-state index contributed by atoms with van der Waals surface area (Å²) in [5, 5.41) is 15.4. The van der Waals surface area contributed by atoms with Crippen molar-refractivity contribution in [1.82, 2.24) is 5.32 Å². The van der Waals surface area contributed by atoms with Crippen LogP contribution in [0.3, 0.4) is 0 Å². The molecule has 0 aliphatic carbocycles. The summed E-state index contributed by atoms with van der Waals surface area (Å²) in [7, 11) is 0. The van der Waals surface area contributed by atoms with Crippen LogP contribution in [0.15, 0.2) is 18.2 Å². The highest BCUT2D eigenvalue weighted by molar-refractivity contribution is 6.39. The van der Waals surface area contributed by atoms with Gasteiger partial charge in [-0.3, -0.25) is 19.7 Å². The van der Waals surface area contributed by atoms with E-state index in [4.69, 9.17) is 16.3 Å². The maximum Gasteiger partial charge on any atom is 0.313 e. The fourth-order valence-corrected chi connectivity index (χ4v) is 1.78. The smallest absolute Gasteiger partial charge is 0.313 e. The van der Waals surface area contributed by atoms with Gasteiger partial charge >= 0.3 is 11.8 Å². The van der Waals surface area contributed by atoms with E-state index in [0.717, 1.165) is 6.07 Å². The Morgan fingerprint density at radius 3 is 2.65 bits per heavy atom. The monoisotopic (exact) mass is 343 g/mol. The molecule has 126 valence electrons. The van der Waals surface area contributed by atoms with Crippen LogP contribution in [0.25, 0.3) is 0 Å². The molecule has 2 N–H and O–H groups in total. The largest absolute Gasteiger partial charge is 0.379 e. The number of hydrogen-bond donors (Lipinski definition) is 2. The first kappa shape index (κ1) is 18.9. The number of nitrogens with zero attached hydrogens (tertiary/aromatic N) is 1. The van der Waals surface area contributed by atoms with E-state index in [2.05, 4.69) is 10.6 Å². The van der Waals surface area contributed by atoms with Gasteiger partial charge in [0, 0.05) is 24.9 Å². The van der Waals surface area contributed by atoms with Gasteiger partial charge in [0.2, 0.25) is 0 Å². The van der Waals surface area contributed by atoms with Crippen LogP contribution < -0.4 is 10.6 Å². The number of halogens is 1. The van der Waals surface area contributed by atoms with Crippen LogP contribution in [0.2, 0.25) is 5.02 Å². The van der Waals surface area contributed by atoms with Gasteiger partial charge in [-0.25, -0.2) is 0 Å². The SMILES string of the molecule is CC(C)OCCCNC(=O)C(=O)Nc1ccc(Cl)c([N+](=O)[O-])c1. The Morgan fingerprint density at radius 1 is 1.35 bits per heavy atom. The second kappa shape index (κ2) is 9.06. The molecule has 0 radical (unpaired) electrons. The third-order valence-electron chi connectivity index (χ3n) is 2.66. The molecule has 0 aliphatic heterocycles. The predicted molar refractivity (Wildman–Crippen MR) is 85.5 cm³/mol. The van der Waals surface area contributed by atoms with Crippen molar-refractivity contribution < 1.29 is 19.2 Å². The Balaban J connectivity index is 2.48. The summed E-state index contributed by atoms with van der Waals surface area (Å²) >= 11 is 5.67. The third-order valence-corrected chi connectivity index (χ3v) is 2.98. The molecule has 1 aromatic rings. The molecular weight excluding hydrogens is 326 g/mol. The number of rotatable bonds is 7. The summed E-state index contributed by atoms with van der Waals surface area (Å²) < 4.78 is 5.30. The number of carbonyl (C=O) groups is 2. The number of amides is 2. The Hall–Kier alpha value is -2.19. The Bertz CT molecular complexity index is 592. The van der Waals surface area contributed by atoms with Gasteiger partial charge in [-0.1, -0.05) is 11.6 Å². The van der Waals surface area contributed by atoms with Crippen LogP contribution in [0, 0.1) is 10.1 Å². The highest BCUT2D eigenvalue weighted by atomic mass is 35.5. The van der Waals surface area contributed by atoms with Crippen molar-refractivity contribution in [3.05, 3.63) is 33.3 Å². The van der Waals surface area contributed by atoms with Crippen molar-refractivity contribution in [3.8, 4) is 0 Å². The maximum atomic E-state index is 11.7. The van der Waals surface area contributed by atoms with Crippen LogP contribution in [0.1, 0.15) is 20.3 Å². The minimum Gasteiger partial charge on any atom is -0.379 e. The zero-order chi connectivity index (χ0) is 17.4. The Kier molecular flexibility index (Phi) is 7.43. The molecule has 0 spiro atoms. The van der Waals surface area contributed by atoms with Gasteiger partial charge in [-0.15, -0.1) is 0 Å². The number of carbonyl (C=O) groups excluding carboxylic acids is 2. The molecule has 0 bridgehead atoms. The topological polar surface area (TPSA) is 111 Å². The van der Waals surface area contributed by atoms with E-state index in [-0.39, 0.29) is 22.5 Å². The summed E-state index contributed by atoms with van der Waals surface area (Å²) in [6.45, 7) is 4.57. The summed E-state index contributed by atoms with van der Waals surface area (Å²) in [6.07, 6.45) is 0.679. The summed E-state index contributed by atoms with van der Waals surface area (Å²) in [5.41, 5.74) is -0.236. The van der Waals surface area contributed by atoms with Crippen molar-refractivity contribution in [2.24, 2.45) is 0 Å². The van der Waals surface area contributed by atoms with Crippen LogP contribution in [0.4, 0.5) is 11.4 Å². The fourth-order valence-electron chi connectivity index (χ4n) is 1.59. The van der Waals surface area contributed by atoms with Crippen molar-refractivity contribution in [2.75, 3.05) is 18.5 Å². The van der Waals surface area contributed by atoms with Gasteiger partial charge in [0.05, 0.1) is 11.0 Å². The van der Waals surface area contributed by atoms with Gasteiger partial charge < -0.3 is 15.4 Å². The van der Waals surface area contributed by atoms with E-state index >= 15 is 0 Å². The quantitative estimate of drug-likeness (QED) is 0.341. The number of anilines is 1. The molecule has 23 heavy (non-hydrogen) atoms. The number of nitrogens with one attached hydrogen (secondary N) is 2. The molecule has 0 saturated carbocycles. The van der Waals surface area contributed by atoms with E-state index in [1.165, 1.54) is 12.1 Å². The molecule has 0 saturated heterocycles. The lowest BCUT2D eigenvalue weighted by atomic mass is 10.2.